The second kappa shape index (κ2) is 20.8. The molecule has 0 aliphatic carbocycles. The summed E-state index contributed by atoms with van der Waals surface area (Å²) < 4.78 is 21.9. The van der Waals surface area contributed by atoms with Crippen molar-refractivity contribution in [3.63, 3.8) is 0 Å². The summed E-state index contributed by atoms with van der Waals surface area (Å²) in [7, 11) is 1.55. The largest absolute Gasteiger partial charge is 0.394 e. The molecule has 1 fully saturated rings. The van der Waals surface area contributed by atoms with Gasteiger partial charge in [-0.25, -0.2) is 0 Å². The van der Waals surface area contributed by atoms with E-state index in [2.05, 4.69) is 6.92 Å². The highest BCUT2D eigenvalue weighted by molar-refractivity contribution is 4.88. The molecule has 0 aromatic rings. The van der Waals surface area contributed by atoms with E-state index in [1.54, 1.807) is 7.11 Å². The van der Waals surface area contributed by atoms with Crippen LogP contribution < -0.4 is 0 Å². The predicted molar refractivity (Wildman–Crippen MR) is 132 cm³/mol. The van der Waals surface area contributed by atoms with Crippen molar-refractivity contribution in [3.8, 4) is 0 Å². The maximum Gasteiger partial charge on any atom is 0.186 e. The molecule has 0 unspecified atom stereocenters. The molecule has 0 amide bonds. The van der Waals surface area contributed by atoms with Crippen molar-refractivity contribution < 1.29 is 39.4 Å². The van der Waals surface area contributed by atoms with Gasteiger partial charge in [0.2, 0.25) is 0 Å². The molecular weight excluding hydrogens is 440 g/mol. The van der Waals surface area contributed by atoms with Crippen LogP contribution in [-0.4, -0.2) is 90.8 Å². The van der Waals surface area contributed by atoms with Gasteiger partial charge in [-0.3, -0.25) is 0 Å². The van der Waals surface area contributed by atoms with Crippen LogP contribution in [-0.2, 0) is 18.9 Å². The zero-order valence-corrected chi connectivity index (χ0v) is 21.6. The third-order valence-electron chi connectivity index (χ3n) is 6.57. The highest BCUT2D eigenvalue weighted by Crippen LogP contribution is 2.22. The number of aliphatic hydroxyl groups is 4. The van der Waals surface area contributed by atoms with Gasteiger partial charge in [-0.15, -0.1) is 0 Å². The van der Waals surface area contributed by atoms with Crippen molar-refractivity contribution in [1.82, 2.24) is 0 Å². The Morgan fingerprint density at radius 3 is 1.74 bits per heavy atom. The summed E-state index contributed by atoms with van der Waals surface area (Å²) in [6, 6.07) is 0. The van der Waals surface area contributed by atoms with Crippen molar-refractivity contribution in [1.29, 1.82) is 0 Å². The number of aliphatic hydroxyl groups excluding tert-OH is 4. The topological polar surface area (TPSA) is 118 Å². The van der Waals surface area contributed by atoms with Crippen LogP contribution in [0.15, 0.2) is 0 Å². The van der Waals surface area contributed by atoms with Crippen LogP contribution in [0, 0.1) is 0 Å². The molecule has 0 aromatic heterocycles. The molecule has 0 bridgehead atoms. The van der Waals surface area contributed by atoms with E-state index in [1.165, 1.54) is 77.0 Å². The van der Waals surface area contributed by atoms with Gasteiger partial charge >= 0.3 is 0 Å². The maximum absolute atomic E-state index is 10.0. The molecular formula is C26H52O8. The van der Waals surface area contributed by atoms with Crippen molar-refractivity contribution in [2.75, 3.05) is 33.5 Å². The third-order valence-corrected chi connectivity index (χ3v) is 6.57. The highest BCUT2D eigenvalue weighted by atomic mass is 16.7. The van der Waals surface area contributed by atoms with Crippen molar-refractivity contribution in [3.05, 3.63) is 0 Å². The monoisotopic (exact) mass is 492 g/mol. The summed E-state index contributed by atoms with van der Waals surface area (Å²) >= 11 is 0. The minimum absolute atomic E-state index is 0.0952. The lowest BCUT2D eigenvalue weighted by Gasteiger charge is -2.39. The van der Waals surface area contributed by atoms with Gasteiger partial charge in [0.15, 0.2) is 6.29 Å². The number of hydrogen-bond acceptors (Lipinski definition) is 8. The smallest absolute Gasteiger partial charge is 0.186 e. The Kier molecular flexibility index (Phi) is 19.4. The molecule has 4 N–H and O–H groups in total. The second-order valence-corrected chi connectivity index (χ2v) is 9.56. The Morgan fingerprint density at radius 1 is 0.706 bits per heavy atom. The lowest BCUT2D eigenvalue weighted by molar-refractivity contribution is -0.305. The van der Waals surface area contributed by atoms with E-state index in [-0.39, 0.29) is 12.7 Å². The van der Waals surface area contributed by atoms with Crippen LogP contribution in [0.4, 0.5) is 0 Å². The molecule has 0 radical (unpaired) electrons. The average Bonchev–Trinajstić information content (AvgIpc) is 2.85. The first kappa shape index (κ1) is 31.7. The van der Waals surface area contributed by atoms with Crippen LogP contribution in [0.1, 0.15) is 96.8 Å². The molecule has 34 heavy (non-hydrogen) atoms. The van der Waals surface area contributed by atoms with Crippen LogP contribution in [0.25, 0.3) is 0 Å². The van der Waals surface area contributed by atoms with Gasteiger partial charge in [0, 0.05) is 13.7 Å². The van der Waals surface area contributed by atoms with Gasteiger partial charge in [-0.2, -0.15) is 0 Å². The molecule has 204 valence electrons. The van der Waals surface area contributed by atoms with Gasteiger partial charge in [0.1, 0.15) is 30.5 Å². The molecule has 1 rings (SSSR count). The SMILES string of the molecule is CCCCCCCCCCCCCCCCOC[C@@H](CO[C@@H]1O[C@@H](CO)[C@@H](O)[C@H](O)[C@@H]1O)OC. The number of hydrogen-bond donors (Lipinski definition) is 4. The Labute approximate surface area is 206 Å². The van der Waals surface area contributed by atoms with E-state index in [1.807, 2.05) is 0 Å². The minimum atomic E-state index is -1.45. The zero-order valence-electron chi connectivity index (χ0n) is 21.6. The standard InChI is InChI=1S/C26H52O8/c1-3-4-5-6-7-8-9-10-11-12-13-14-15-16-17-32-19-21(31-2)20-33-26-25(30)24(29)23(28)22(18-27)34-26/h21-30H,3-20H2,1-2H3/t21-,22-,23+,24-,25-,26+/m0/s1. The van der Waals surface area contributed by atoms with Crippen LogP contribution in [0.5, 0.6) is 0 Å². The normalized spacial score (nSPS) is 26.1. The van der Waals surface area contributed by atoms with Crippen LogP contribution in [0.3, 0.4) is 0 Å². The molecule has 1 saturated heterocycles. The van der Waals surface area contributed by atoms with Crippen molar-refractivity contribution in [2.24, 2.45) is 0 Å². The van der Waals surface area contributed by atoms with Gasteiger partial charge in [-0.1, -0.05) is 90.4 Å². The molecule has 0 aromatic carbocycles. The molecule has 8 nitrogen and oxygen atoms in total. The molecule has 0 saturated carbocycles. The van der Waals surface area contributed by atoms with Crippen molar-refractivity contribution in [2.45, 2.75) is 134 Å². The summed E-state index contributed by atoms with van der Waals surface area (Å²) in [5.41, 5.74) is 0. The Morgan fingerprint density at radius 2 is 1.24 bits per heavy atom. The maximum atomic E-state index is 10.0. The fourth-order valence-electron chi connectivity index (χ4n) is 4.20. The summed E-state index contributed by atoms with van der Waals surface area (Å²) in [4.78, 5) is 0. The summed E-state index contributed by atoms with van der Waals surface area (Å²) in [5, 5.41) is 38.9. The first-order chi connectivity index (χ1) is 16.5. The van der Waals surface area contributed by atoms with Crippen LogP contribution >= 0.6 is 0 Å². The van der Waals surface area contributed by atoms with Gasteiger partial charge in [0.25, 0.3) is 0 Å². The highest BCUT2D eigenvalue weighted by Gasteiger charge is 2.44. The Hall–Kier alpha value is -0.320. The number of ether oxygens (including phenoxy) is 4. The molecule has 8 heteroatoms. The van der Waals surface area contributed by atoms with Gasteiger partial charge in [-0.05, 0) is 6.42 Å². The molecule has 1 aliphatic heterocycles. The third kappa shape index (κ3) is 13.7. The average molecular weight is 493 g/mol. The van der Waals surface area contributed by atoms with E-state index in [0.29, 0.717) is 13.2 Å². The zero-order chi connectivity index (χ0) is 25.0. The fraction of sp³-hybridized carbons (Fsp3) is 1.00. The first-order valence-corrected chi connectivity index (χ1v) is 13.6. The van der Waals surface area contributed by atoms with E-state index in [9.17, 15) is 20.4 Å². The van der Waals surface area contributed by atoms with Gasteiger partial charge in [0.05, 0.1) is 19.8 Å². The molecule has 1 heterocycles. The van der Waals surface area contributed by atoms with E-state index in [0.717, 1.165) is 12.8 Å². The number of rotatable bonds is 22. The van der Waals surface area contributed by atoms with Crippen LogP contribution in [0.2, 0.25) is 0 Å². The summed E-state index contributed by atoms with van der Waals surface area (Å²) in [6.45, 7) is 2.89. The van der Waals surface area contributed by atoms with E-state index >= 15 is 0 Å². The molecule has 0 spiro atoms. The lowest BCUT2D eigenvalue weighted by atomic mass is 9.99. The number of unbranched alkanes of at least 4 members (excludes halogenated alkanes) is 13. The molecule has 1 aliphatic rings. The Bertz CT molecular complexity index is 451. The van der Waals surface area contributed by atoms with Gasteiger partial charge < -0.3 is 39.4 Å². The van der Waals surface area contributed by atoms with E-state index < -0.39 is 37.3 Å². The summed E-state index contributed by atoms with van der Waals surface area (Å²) in [6.07, 6.45) is 11.8. The Balaban J connectivity index is 1.97. The second-order valence-electron chi connectivity index (χ2n) is 9.56. The first-order valence-electron chi connectivity index (χ1n) is 13.6. The van der Waals surface area contributed by atoms with E-state index in [4.69, 9.17) is 18.9 Å². The summed E-state index contributed by atoms with van der Waals surface area (Å²) in [5.74, 6) is 0. The number of methoxy groups -OCH3 is 1. The lowest BCUT2D eigenvalue weighted by Crippen LogP contribution is -2.59. The quantitative estimate of drug-likeness (QED) is 0.170. The predicted octanol–water partition coefficient (Wildman–Crippen LogP) is 3.32. The molecule has 6 atom stereocenters. The minimum Gasteiger partial charge on any atom is -0.394 e. The van der Waals surface area contributed by atoms with Crippen molar-refractivity contribution >= 4 is 0 Å². The fourth-order valence-corrected chi connectivity index (χ4v) is 4.20.